The average Bonchev–Trinajstić information content (AvgIpc) is 4.07. The van der Waals surface area contributed by atoms with Gasteiger partial charge in [-0.1, -0.05) is 44.4 Å². The fraction of sp³-hybridized carbons (Fsp3) is 0.556. The predicted octanol–water partition coefficient (Wildman–Crippen LogP) is 9.47. The van der Waals surface area contributed by atoms with E-state index in [1.165, 1.54) is 41.3 Å². The summed E-state index contributed by atoms with van der Waals surface area (Å²) in [5, 5.41) is 12.3. The highest BCUT2D eigenvalue weighted by molar-refractivity contribution is 5.94. The van der Waals surface area contributed by atoms with E-state index in [2.05, 4.69) is 73.1 Å². The van der Waals surface area contributed by atoms with Crippen LogP contribution in [0, 0.1) is 17.3 Å². The smallest absolute Gasteiger partial charge is 0.343 e. The van der Waals surface area contributed by atoms with E-state index < -0.39 is 28.6 Å². The Kier molecular flexibility index (Phi) is 14.3. The van der Waals surface area contributed by atoms with Crippen LogP contribution in [0.3, 0.4) is 0 Å². The molecule has 2 saturated carbocycles. The molecule has 3 fully saturated rings. The Morgan fingerprint density at radius 2 is 1.70 bits per heavy atom. The lowest BCUT2D eigenvalue weighted by Crippen LogP contribution is -2.57. The molecule has 4 aromatic rings. The Hall–Kier alpha value is -5.96. The molecule has 14 heteroatoms. The van der Waals surface area contributed by atoms with Gasteiger partial charge in [0.2, 0.25) is 0 Å². The summed E-state index contributed by atoms with van der Waals surface area (Å²) in [6, 6.07) is 15.0. The Morgan fingerprint density at radius 3 is 2.43 bits per heavy atom. The monoisotopic (exact) mass is 1050 g/mol. The van der Waals surface area contributed by atoms with Crippen LogP contribution in [-0.4, -0.2) is 107 Å². The summed E-state index contributed by atoms with van der Waals surface area (Å²) in [7, 11) is 6.28. The fourth-order valence-electron chi connectivity index (χ4n) is 15.3. The molecule has 3 unspecified atom stereocenters. The SMILES string of the molecule is CCC1(O)C(=O)OCc2c1cc1n(c2=O)Cc2cc3c(CN(C)C)c(OC4CCN(CCCCCCN(C)c5ccc([C@H]6C[C@@]7(C)C(CC[C@]7(OC(C)=O)C(C)=O)C7CCC8=CC(=O)CCC8=C76)cc5)CC4)cnc3cc2-1. The van der Waals surface area contributed by atoms with Crippen molar-refractivity contribution >= 4 is 40.1 Å². The molecule has 408 valence electrons. The second-order valence-corrected chi connectivity index (χ2v) is 24.1. The summed E-state index contributed by atoms with van der Waals surface area (Å²) in [5.41, 5.74) is 7.80. The van der Waals surface area contributed by atoms with Gasteiger partial charge in [-0.25, -0.2) is 4.79 Å². The number of aliphatic hydroxyl groups is 1. The number of anilines is 1. The number of pyridine rings is 2. The number of piperidine rings is 1. The van der Waals surface area contributed by atoms with Gasteiger partial charge in [-0.05, 0) is 169 Å². The zero-order valence-corrected chi connectivity index (χ0v) is 46.3. The third kappa shape index (κ3) is 9.27. The molecule has 1 saturated heterocycles. The maximum absolute atomic E-state index is 13.8. The minimum atomic E-state index is -1.86. The topological polar surface area (TPSA) is 161 Å². The number of cyclic esters (lactones) is 1. The fourth-order valence-corrected chi connectivity index (χ4v) is 15.3. The molecule has 5 heterocycles. The Labute approximate surface area is 452 Å². The third-order valence-electron chi connectivity index (χ3n) is 19.3. The first-order valence-electron chi connectivity index (χ1n) is 28.6. The number of hydrogen-bond acceptors (Lipinski definition) is 13. The van der Waals surface area contributed by atoms with Crippen molar-refractivity contribution in [2.24, 2.45) is 17.3 Å². The van der Waals surface area contributed by atoms with Gasteiger partial charge in [-0.2, -0.15) is 0 Å². The summed E-state index contributed by atoms with van der Waals surface area (Å²) in [6.07, 6.45) is 15.7. The number of ether oxygens (including phenoxy) is 3. The van der Waals surface area contributed by atoms with Crippen LogP contribution in [-0.2, 0) is 53.9 Å². The highest BCUT2D eigenvalue weighted by Gasteiger charge is 2.67. The molecule has 0 radical (unpaired) electrons. The molecule has 77 heavy (non-hydrogen) atoms. The molecule has 2 aromatic heterocycles. The van der Waals surface area contributed by atoms with E-state index in [0.29, 0.717) is 42.8 Å². The van der Waals surface area contributed by atoms with Crippen molar-refractivity contribution in [2.45, 2.75) is 161 Å². The van der Waals surface area contributed by atoms with Gasteiger partial charge in [0.25, 0.3) is 5.56 Å². The van der Waals surface area contributed by atoms with Gasteiger partial charge in [0, 0.05) is 85.7 Å². The number of Topliss-reactive ketones (excluding diaryl/α,β-unsaturated/α-hetero) is 1. The van der Waals surface area contributed by atoms with Crippen molar-refractivity contribution in [1.29, 1.82) is 0 Å². The van der Waals surface area contributed by atoms with Crippen molar-refractivity contribution in [3.63, 3.8) is 0 Å². The van der Waals surface area contributed by atoms with Crippen LogP contribution < -0.4 is 15.2 Å². The normalized spacial score (nSPS) is 26.8. The van der Waals surface area contributed by atoms with E-state index in [-0.39, 0.29) is 54.0 Å². The lowest BCUT2D eigenvalue weighted by atomic mass is 9.50. The van der Waals surface area contributed by atoms with Gasteiger partial charge in [0.1, 0.15) is 18.5 Å². The number of fused-ring (bicyclic) bond motifs is 9. The molecule has 1 N–H and O–H groups in total. The van der Waals surface area contributed by atoms with E-state index in [1.807, 2.05) is 18.3 Å². The van der Waals surface area contributed by atoms with Crippen molar-refractivity contribution in [3.05, 3.63) is 110 Å². The summed E-state index contributed by atoms with van der Waals surface area (Å²) >= 11 is 0. The number of likely N-dealkylation sites (tertiary alicyclic amines) is 1. The maximum atomic E-state index is 13.8. The van der Waals surface area contributed by atoms with Crippen molar-refractivity contribution in [3.8, 4) is 17.0 Å². The molecular formula is C63H77N5O9. The number of esters is 2. The zero-order valence-electron chi connectivity index (χ0n) is 46.3. The zero-order chi connectivity index (χ0) is 54.1. The molecule has 7 aliphatic rings. The highest BCUT2D eigenvalue weighted by Crippen LogP contribution is 2.68. The first kappa shape index (κ1) is 53.1. The van der Waals surface area contributed by atoms with Gasteiger partial charge in [-0.15, -0.1) is 0 Å². The standard InChI is InChI=1S/C63H77N5O9/c1-8-62(74)54-32-56-48-31-55-49(30-42(48)35-68(56)59(72)52(54)37-75-60(62)73)51(36-65(5)6)57(34-64-55)76-45-22-27-67(28-23-45)26-12-10-9-11-25-66(7)43-16-13-40(14-17-43)50-33-61(4)53(21-24-63(61,38(2)69)77-39(3)70)47-19-15-41-29-44(71)18-20-46(41)58(47)50/h13-14,16-17,29-32,34,45,47,50,53,74H,8-12,15,18-28,33,35-37H2,1-7H3/t47?,50-,53?,61+,62?,63+/m1/s1. The molecule has 2 aromatic carbocycles. The van der Waals surface area contributed by atoms with E-state index in [9.17, 15) is 29.1 Å². The van der Waals surface area contributed by atoms with E-state index in [1.54, 1.807) is 24.5 Å². The van der Waals surface area contributed by atoms with E-state index in [4.69, 9.17) is 19.2 Å². The number of ketones is 2. The number of rotatable bonds is 16. The number of unbranched alkanes of at least 4 members (excludes halogenated alkanes) is 3. The van der Waals surface area contributed by atoms with Gasteiger partial charge in [-0.3, -0.25) is 24.2 Å². The van der Waals surface area contributed by atoms with Gasteiger partial charge in [0.15, 0.2) is 22.8 Å². The summed E-state index contributed by atoms with van der Waals surface area (Å²) in [4.78, 5) is 77.3. The van der Waals surface area contributed by atoms with E-state index >= 15 is 0 Å². The van der Waals surface area contributed by atoms with Gasteiger partial charge in [0.05, 0.1) is 29.5 Å². The largest absolute Gasteiger partial charge is 0.488 e. The Morgan fingerprint density at radius 1 is 0.935 bits per heavy atom. The van der Waals surface area contributed by atoms with Gasteiger partial charge < -0.3 is 38.6 Å². The quantitative estimate of drug-likeness (QED) is 0.0736. The minimum Gasteiger partial charge on any atom is -0.488 e. The molecule has 6 atom stereocenters. The lowest BCUT2D eigenvalue weighted by Gasteiger charge is -2.55. The summed E-state index contributed by atoms with van der Waals surface area (Å²) in [6.45, 7) is 11.9. The third-order valence-corrected chi connectivity index (χ3v) is 19.3. The molecule has 4 aliphatic carbocycles. The van der Waals surface area contributed by atoms with Crippen molar-refractivity contribution in [2.75, 3.05) is 52.2 Å². The maximum Gasteiger partial charge on any atom is 0.343 e. The van der Waals surface area contributed by atoms with Crippen LogP contribution in [0.5, 0.6) is 5.75 Å². The number of aromatic nitrogens is 2. The lowest BCUT2D eigenvalue weighted by molar-refractivity contribution is -0.182. The minimum absolute atomic E-state index is 0.0484. The van der Waals surface area contributed by atoms with Crippen molar-refractivity contribution in [1.82, 2.24) is 19.4 Å². The molecule has 11 rings (SSSR count). The molecule has 14 nitrogen and oxygen atoms in total. The van der Waals surface area contributed by atoms with E-state index in [0.717, 1.165) is 124 Å². The average molecular weight is 1050 g/mol. The number of carbonyl (C=O) groups excluding carboxylic acids is 4. The van der Waals surface area contributed by atoms with Gasteiger partial charge >= 0.3 is 11.9 Å². The Bertz CT molecular complexity index is 3170. The van der Waals surface area contributed by atoms with Crippen LogP contribution in [0.25, 0.3) is 22.2 Å². The number of nitrogens with zero attached hydrogens (tertiary/aromatic N) is 5. The second-order valence-electron chi connectivity index (χ2n) is 24.1. The van der Waals surface area contributed by atoms with Crippen LogP contribution in [0.2, 0.25) is 0 Å². The number of allylic oxidation sites excluding steroid dienone is 4. The van der Waals surface area contributed by atoms with Crippen LogP contribution in [0.4, 0.5) is 5.69 Å². The first-order valence-corrected chi connectivity index (χ1v) is 28.6. The highest BCUT2D eigenvalue weighted by atomic mass is 16.6. The molecular weight excluding hydrogens is 971 g/mol. The van der Waals surface area contributed by atoms with Crippen molar-refractivity contribution < 1.29 is 38.5 Å². The van der Waals surface area contributed by atoms with Crippen LogP contribution in [0.1, 0.15) is 151 Å². The van der Waals surface area contributed by atoms with Crippen LogP contribution in [0.15, 0.2) is 76.3 Å². The number of carbonyl (C=O) groups is 4. The van der Waals surface area contributed by atoms with Crippen LogP contribution >= 0.6 is 0 Å². The second kappa shape index (κ2) is 20.7. The summed E-state index contributed by atoms with van der Waals surface area (Å²) < 4.78 is 19.9. The predicted molar refractivity (Wildman–Crippen MR) is 296 cm³/mol. The molecule has 0 spiro atoms. The summed E-state index contributed by atoms with van der Waals surface area (Å²) in [5.74, 6) is 0.446. The first-order chi connectivity index (χ1) is 36.9. The molecule has 0 amide bonds. The number of hydrogen-bond donors (Lipinski definition) is 1. The number of benzene rings is 2. The Balaban J connectivity index is 0.682. The molecule has 3 aliphatic heterocycles. The molecule has 0 bridgehead atoms.